The number of hydrogen-bond acceptors (Lipinski definition) is 7. The molecule has 1 atom stereocenters. The van der Waals surface area contributed by atoms with Gasteiger partial charge in [0.1, 0.15) is 6.10 Å². The lowest BCUT2D eigenvalue weighted by molar-refractivity contribution is 0.0251. The summed E-state index contributed by atoms with van der Waals surface area (Å²) >= 11 is 0. The molecule has 2 aliphatic rings. The Kier molecular flexibility index (Phi) is 5.07. The smallest absolute Gasteiger partial charge is 0.339 e. The molecule has 7 heteroatoms. The van der Waals surface area contributed by atoms with Crippen LogP contribution in [0, 0.1) is 0 Å². The van der Waals surface area contributed by atoms with Crippen LogP contribution in [0.2, 0.25) is 0 Å². The van der Waals surface area contributed by atoms with Crippen LogP contribution in [-0.2, 0) is 15.9 Å². The zero-order valence-electron chi connectivity index (χ0n) is 16.9. The molecular weight excluding hydrogens is 412 g/mol. The number of carbonyl (C=O) groups is 3. The van der Waals surface area contributed by atoms with E-state index in [4.69, 9.17) is 18.9 Å². The van der Waals surface area contributed by atoms with Gasteiger partial charge in [-0.3, -0.25) is 4.79 Å². The molecule has 0 amide bonds. The number of ether oxygens (including phenoxy) is 4. The van der Waals surface area contributed by atoms with Crippen LogP contribution in [0.15, 0.2) is 66.7 Å². The normalized spacial score (nSPS) is 16.1. The first-order valence-corrected chi connectivity index (χ1v) is 10.1. The fourth-order valence-electron chi connectivity index (χ4n) is 3.74. The summed E-state index contributed by atoms with van der Waals surface area (Å²) in [5, 5.41) is 0. The van der Waals surface area contributed by atoms with Gasteiger partial charge >= 0.3 is 11.9 Å². The lowest BCUT2D eigenvalue weighted by Gasteiger charge is -2.25. The van der Waals surface area contributed by atoms with Crippen molar-refractivity contribution >= 4 is 17.7 Å². The third kappa shape index (κ3) is 3.80. The van der Waals surface area contributed by atoms with Crippen molar-refractivity contribution in [2.24, 2.45) is 0 Å². The Balaban J connectivity index is 1.28. The summed E-state index contributed by atoms with van der Waals surface area (Å²) in [4.78, 5) is 37.4. The highest BCUT2D eigenvalue weighted by atomic mass is 16.7. The maximum absolute atomic E-state index is 12.6. The Bertz CT molecular complexity index is 1220. The van der Waals surface area contributed by atoms with E-state index in [9.17, 15) is 14.4 Å². The molecule has 0 saturated heterocycles. The van der Waals surface area contributed by atoms with E-state index in [1.807, 2.05) is 30.3 Å². The van der Waals surface area contributed by atoms with Crippen molar-refractivity contribution in [2.75, 3.05) is 13.4 Å². The minimum atomic E-state index is -0.642. The Morgan fingerprint density at radius 2 is 1.69 bits per heavy atom. The molecule has 0 N–H and O–H groups in total. The predicted octanol–water partition coefficient (Wildman–Crippen LogP) is 3.91. The van der Waals surface area contributed by atoms with Crippen molar-refractivity contribution in [3.05, 3.63) is 94.5 Å². The van der Waals surface area contributed by atoms with Gasteiger partial charge in [0.2, 0.25) is 6.79 Å². The molecule has 2 heterocycles. The highest BCUT2D eigenvalue weighted by molar-refractivity contribution is 6.00. The fraction of sp³-hybridized carbons (Fsp3) is 0.160. The number of Topliss-reactive ketones (excluding diaryl/α,β-unsaturated/α-hetero) is 1. The number of ketones is 1. The van der Waals surface area contributed by atoms with Gasteiger partial charge in [-0.15, -0.1) is 0 Å². The Morgan fingerprint density at radius 1 is 0.906 bits per heavy atom. The van der Waals surface area contributed by atoms with Crippen LogP contribution in [0.3, 0.4) is 0 Å². The maximum atomic E-state index is 12.6. The number of benzene rings is 3. The van der Waals surface area contributed by atoms with Crippen molar-refractivity contribution in [1.82, 2.24) is 0 Å². The largest absolute Gasteiger partial charge is 0.454 e. The summed E-state index contributed by atoms with van der Waals surface area (Å²) in [5.41, 5.74) is 2.63. The number of fused-ring (bicyclic) bond motifs is 2. The third-order valence-corrected chi connectivity index (χ3v) is 5.42. The van der Waals surface area contributed by atoms with Crippen molar-refractivity contribution in [1.29, 1.82) is 0 Å². The lowest BCUT2D eigenvalue weighted by atomic mass is 9.93. The SMILES string of the molecule is O=C(COC(=O)c1ccc2c(c1)CC(c1ccccc1)OC2=O)c1ccc2c(c1)OCO2. The van der Waals surface area contributed by atoms with Crippen LogP contribution in [-0.4, -0.2) is 31.1 Å². The molecule has 3 aromatic rings. The van der Waals surface area contributed by atoms with E-state index >= 15 is 0 Å². The number of cyclic esters (lactones) is 1. The van der Waals surface area contributed by atoms with Crippen LogP contribution in [0.4, 0.5) is 0 Å². The van der Waals surface area contributed by atoms with E-state index in [-0.39, 0.29) is 18.1 Å². The molecule has 0 fully saturated rings. The van der Waals surface area contributed by atoms with Gasteiger partial charge in [-0.05, 0) is 47.5 Å². The van der Waals surface area contributed by atoms with Gasteiger partial charge in [-0.1, -0.05) is 30.3 Å². The van der Waals surface area contributed by atoms with Crippen LogP contribution in [0.1, 0.15) is 48.3 Å². The lowest BCUT2D eigenvalue weighted by Crippen LogP contribution is -2.22. The molecule has 0 aromatic heterocycles. The number of rotatable bonds is 5. The number of carbonyl (C=O) groups excluding carboxylic acids is 3. The van der Waals surface area contributed by atoms with Crippen LogP contribution in [0.25, 0.3) is 0 Å². The summed E-state index contributed by atoms with van der Waals surface area (Å²) in [6.07, 6.45) is 0.0255. The second kappa shape index (κ2) is 8.19. The van der Waals surface area contributed by atoms with E-state index in [1.165, 1.54) is 6.07 Å². The van der Waals surface area contributed by atoms with Gasteiger partial charge in [0, 0.05) is 12.0 Å². The van der Waals surface area contributed by atoms with E-state index in [1.54, 1.807) is 30.3 Å². The first-order chi connectivity index (χ1) is 15.6. The molecule has 7 nitrogen and oxygen atoms in total. The summed E-state index contributed by atoms with van der Waals surface area (Å²) in [6, 6.07) is 18.9. The van der Waals surface area contributed by atoms with Gasteiger partial charge in [0.25, 0.3) is 0 Å². The highest BCUT2D eigenvalue weighted by Gasteiger charge is 2.28. The molecule has 0 radical (unpaired) electrons. The van der Waals surface area contributed by atoms with Gasteiger partial charge < -0.3 is 18.9 Å². The standard InChI is InChI=1S/C25H18O7/c26-20(16-7-9-21-23(11-16)31-14-30-21)13-29-24(27)17-6-8-19-18(10-17)12-22(32-25(19)28)15-4-2-1-3-5-15/h1-11,22H,12-14H2. The quantitative estimate of drug-likeness (QED) is 0.448. The predicted molar refractivity (Wildman–Crippen MR) is 112 cm³/mol. The second-order valence-corrected chi connectivity index (χ2v) is 7.45. The Hall–Kier alpha value is -4.13. The Labute approximate surface area is 183 Å². The minimum absolute atomic E-state index is 0.110. The second-order valence-electron chi connectivity index (χ2n) is 7.45. The zero-order chi connectivity index (χ0) is 22.1. The van der Waals surface area contributed by atoms with E-state index in [0.717, 1.165) is 5.56 Å². The first kappa shape index (κ1) is 19.8. The Morgan fingerprint density at radius 3 is 2.53 bits per heavy atom. The van der Waals surface area contributed by atoms with Gasteiger partial charge in [0.05, 0.1) is 11.1 Å². The molecule has 1 unspecified atom stereocenters. The zero-order valence-corrected chi connectivity index (χ0v) is 16.9. The van der Waals surface area contributed by atoms with Crippen LogP contribution >= 0.6 is 0 Å². The highest BCUT2D eigenvalue weighted by Crippen LogP contribution is 2.33. The van der Waals surface area contributed by atoms with E-state index in [2.05, 4.69) is 0 Å². The third-order valence-electron chi connectivity index (χ3n) is 5.42. The summed E-state index contributed by atoms with van der Waals surface area (Å²) in [7, 11) is 0. The molecule has 2 aliphatic heterocycles. The molecule has 32 heavy (non-hydrogen) atoms. The molecule has 5 rings (SSSR count). The van der Waals surface area contributed by atoms with Gasteiger partial charge in [0.15, 0.2) is 23.9 Å². The van der Waals surface area contributed by atoms with Gasteiger partial charge in [-0.25, -0.2) is 9.59 Å². The van der Waals surface area contributed by atoms with E-state index < -0.39 is 24.6 Å². The molecule has 0 spiro atoms. The number of esters is 2. The van der Waals surface area contributed by atoms with E-state index in [0.29, 0.717) is 34.6 Å². The molecule has 160 valence electrons. The fourth-order valence-corrected chi connectivity index (χ4v) is 3.74. The summed E-state index contributed by atoms with van der Waals surface area (Å²) in [5.74, 6) is -0.380. The molecule has 0 aliphatic carbocycles. The summed E-state index contributed by atoms with van der Waals surface area (Å²) in [6.45, 7) is -0.302. The molecule has 3 aromatic carbocycles. The average Bonchev–Trinajstić information content (AvgIpc) is 3.30. The average molecular weight is 430 g/mol. The molecule has 0 saturated carbocycles. The monoisotopic (exact) mass is 430 g/mol. The van der Waals surface area contributed by atoms with Crippen molar-refractivity contribution in [3.8, 4) is 11.5 Å². The van der Waals surface area contributed by atoms with Crippen LogP contribution < -0.4 is 9.47 Å². The van der Waals surface area contributed by atoms with Crippen molar-refractivity contribution in [3.63, 3.8) is 0 Å². The maximum Gasteiger partial charge on any atom is 0.339 e. The van der Waals surface area contributed by atoms with Crippen molar-refractivity contribution in [2.45, 2.75) is 12.5 Å². The topological polar surface area (TPSA) is 88.1 Å². The van der Waals surface area contributed by atoms with Gasteiger partial charge in [-0.2, -0.15) is 0 Å². The van der Waals surface area contributed by atoms with Crippen molar-refractivity contribution < 1.29 is 33.3 Å². The summed E-state index contributed by atoms with van der Waals surface area (Å²) < 4.78 is 21.2. The van der Waals surface area contributed by atoms with Crippen LogP contribution in [0.5, 0.6) is 11.5 Å². The molecular formula is C25H18O7. The number of hydrogen-bond donors (Lipinski definition) is 0. The first-order valence-electron chi connectivity index (χ1n) is 10.1. The molecule has 0 bridgehead atoms. The minimum Gasteiger partial charge on any atom is -0.454 e.